The average Bonchev–Trinajstić information content (AvgIpc) is 2.56. The highest BCUT2D eigenvalue weighted by Crippen LogP contribution is 2.29. The lowest BCUT2D eigenvalue weighted by Gasteiger charge is -2.34. The largest absolute Gasteiger partial charge is 0.446 e. The lowest BCUT2D eigenvalue weighted by atomic mass is 9.89. The van der Waals surface area contributed by atoms with Gasteiger partial charge in [0.25, 0.3) is 0 Å². The second kappa shape index (κ2) is 5.09. The fourth-order valence-electron chi connectivity index (χ4n) is 1.83. The molecule has 98 valence electrons. The van der Waals surface area contributed by atoms with E-state index in [1.807, 2.05) is 0 Å². The molecule has 7 heteroatoms. The van der Waals surface area contributed by atoms with Crippen LogP contribution in [0.15, 0.2) is 0 Å². The number of carbonyl (C=O) groups is 2. The third-order valence-corrected chi connectivity index (χ3v) is 2.77. The van der Waals surface area contributed by atoms with Gasteiger partial charge in [0, 0.05) is 6.92 Å². The number of rotatable bonds is 4. The summed E-state index contributed by atoms with van der Waals surface area (Å²) in [7, 11) is 0. The summed E-state index contributed by atoms with van der Waals surface area (Å²) in [5.41, 5.74) is -1.97. The molecule has 1 fully saturated rings. The van der Waals surface area contributed by atoms with Crippen molar-refractivity contribution in [3.8, 4) is 0 Å². The maximum absolute atomic E-state index is 11.6. The van der Waals surface area contributed by atoms with Gasteiger partial charge in [0.15, 0.2) is 5.78 Å². The van der Waals surface area contributed by atoms with Crippen LogP contribution in [-0.2, 0) is 19.1 Å². The van der Waals surface area contributed by atoms with Gasteiger partial charge >= 0.3 is 5.97 Å². The zero-order valence-corrected chi connectivity index (χ0v) is 9.62. The molecule has 0 radical (unpaired) electrons. The van der Waals surface area contributed by atoms with Crippen molar-refractivity contribution in [1.82, 2.24) is 0 Å². The molecule has 4 atom stereocenters. The molecule has 7 nitrogen and oxygen atoms in total. The minimum atomic E-state index is -1.97. The summed E-state index contributed by atoms with van der Waals surface area (Å²) in [6.07, 6.45) is -3.85. The fourth-order valence-corrected chi connectivity index (χ4v) is 1.83. The molecule has 1 aliphatic rings. The number of hydrogen-bond acceptors (Lipinski definition) is 7. The van der Waals surface area contributed by atoms with Crippen LogP contribution in [0.4, 0.5) is 0 Å². The number of Topliss-reactive ketones (excluding diaryl/α,β-unsaturated/α-hetero) is 1. The number of esters is 1. The summed E-state index contributed by atoms with van der Waals surface area (Å²) in [4.78, 5) is 22.5. The Morgan fingerprint density at radius 2 is 2.00 bits per heavy atom. The number of hydrogen-bond donors (Lipinski definition) is 3. The minimum Gasteiger partial charge on any atom is -0.446 e. The number of carbonyl (C=O) groups excluding carboxylic acids is 2. The first-order valence-corrected chi connectivity index (χ1v) is 5.14. The van der Waals surface area contributed by atoms with Crippen LogP contribution in [0.3, 0.4) is 0 Å². The highest BCUT2D eigenvalue weighted by Gasteiger charge is 2.55. The predicted molar refractivity (Wildman–Crippen MR) is 54.0 cm³/mol. The molecule has 0 unspecified atom stereocenters. The second-order valence-electron chi connectivity index (χ2n) is 4.01. The molecule has 0 aliphatic carbocycles. The Kier molecular flexibility index (Phi) is 4.21. The van der Waals surface area contributed by atoms with Crippen molar-refractivity contribution in [3.63, 3.8) is 0 Å². The van der Waals surface area contributed by atoms with Gasteiger partial charge in [-0.1, -0.05) is 0 Å². The number of aliphatic hydroxyl groups excluding tert-OH is 3. The maximum atomic E-state index is 11.6. The summed E-state index contributed by atoms with van der Waals surface area (Å²) < 4.78 is 9.85. The van der Waals surface area contributed by atoms with Gasteiger partial charge in [-0.25, -0.2) is 0 Å². The summed E-state index contributed by atoms with van der Waals surface area (Å²) >= 11 is 0. The molecular formula is C10H16O7. The van der Waals surface area contributed by atoms with Gasteiger partial charge in [0.05, 0.1) is 13.2 Å². The molecule has 0 aromatic heterocycles. The van der Waals surface area contributed by atoms with Gasteiger partial charge in [-0.2, -0.15) is 0 Å². The normalized spacial score (nSPS) is 31.9. The van der Waals surface area contributed by atoms with E-state index in [4.69, 9.17) is 9.47 Å². The smallest absolute Gasteiger partial charge is 0.303 e. The lowest BCUT2D eigenvalue weighted by Crippen LogP contribution is -2.59. The SMILES string of the molecule is CC(=O)O[C@@](CO)(C(C)=O)[C@H]1OC[C@H](O)[C@H]1O. The first kappa shape index (κ1) is 14.0. The first-order chi connectivity index (χ1) is 7.85. The van der Waals surface area contributed by atoms with Crippen LogP contribution in [0.25, 0.3) is 0 Å². The Labute approximate surface area is 98.0 Å². The molecule has 0 amide bonds. The fraction of sp³-hybridized carbons (Fsp3) is 0.800. The van der Waals surface area contributed by atoms with Crippen LogP contribution in [0.5, 0.6) is 0 Å². The van der Waals surface area contributed by atoms with Gasteiger partial charge in [-0.05, 0) is 6.92 Å². The Balaban J connectivity index is 3.05. The van der Waals surface area contributed by atoms with E-state index >= 15 is 0 Å². The van der Waals surface area contributed by atoms with Crippen molar-refractivity contribution in [1.29, 1.82) is 0 Å². The highest BCUT2D eigenvalue weighted by atomic mass is 16.6. The molecule has 1 heterocycles. The van der Waals surface area contributed by atoms with E-state index < -0.39 is 42.3 Å². The van der Waals surface area contributed by atoms with Crippen molar-refractivity contribution < 1.29 is 34.4 Å². The van der Waals surface area contributed by atoms with Crippen LogP contribution in [0.1, 0.15) is 13.8 Å². The lowest BCUT2D eigenvalue weighted by molar-refractivity contribution is -0.192. The third kappa shape index (κ3) is 2.47. The summed E-state index contributed by atoms with van der Waals surface area (Å²) in [5.74, 6) is -1.44. The monoisotopic (exact) mass is 248 g/mol. The van der Waals surface area contributed by atoms with Gasteiger partial charge in [-0.15, -0.1) is 0 Å². The van der Waals surface area contributed by atoms with Gasteiger partial charge < -0.3 is 24.8 Å². The minimum absolute atomic E-state index is 0.192. The van der Waals surface area contributed by atoms with Gasteiger partial charge in [0.2, 0.25) is 5.60 Å². The highest BCUT2D eigenvalue weighted by molar-refractivity contribution is 5.88. The van der Waals surface area contributed by atoms with Gasteiger partial charge in [0.1, 0.15) is 18.3 Å². The second-order valence-corrected chi connectivity index (χ2v) is 4.01. The molecule has 1 saturated heterocycles. The molecular weight excluding hydrogens is 232 g/mol. The quantitative estimate of drug-likeness (QED) is 0.492. The van der Waals surface area contributed by atoms with E-state index in [1.165, 1.54) is 0 Å². The van der Waals surface area contributed by atoms with E-state index in [9.17, 15) is 24.9 Å². The molecule has 3 N–H and O–H groups in total. The van der Waals surface area contributed by atoms with E-state index in [-0.39, 0.29) is 6.61 Å². The van der Waals surface area contributed by atoms with Crippen molar-refractivity contribution >= 4 is 11.8 Å². The molecule has 0 bridgehead atoms. The van der Waals surface area contributed by atoms with E-state index in [0.29, 0.717) is 0 Å². The summed E-state index contributed by atoms with van der Waals surface area (Å²) in [6.45, 7) is 1.17. The third-order valence-electron chi connectivity index (χ3n) is 2.77. The van der Waals surface area contributed by atoms with E-state index in [0.717, 1.165) is 13.8 Å². The molecule has 17 heavy (non-hydrogen) atoms. The Morgan fingerprint density at radius 3 is 2.29 bits per heavy atom. The maximum Gasteiger partial charge on any atom is 0.303 e. The average molecular weight is 248 g/mol. The first-order valence-electron chi connectivity index (χ1n) is 5.14. The van der Waals surface area contributed by atoms with Crippen molar-refractivity contribution in [2.24, 2.45) is 0 Å². The molecule has 1 aliphatic heterocycles. The molecule has 1 rings (SSSR count). The standard InChI is InChI=1S/C10H16O7/c1-5(12)10(4-11,17-6(2)13)9-8(15)7(14)3-16-9/h7-9,11,14-15H,3-4H2,1-2H3/t7-,8+,9-,10-/m0/s1. The Hall–Kier alpha value is -1.02. The summed E-state index contributed by atoms with van der Waals surface area (Å²) in [6, 6.07) is 0. The van der Waals surface area contributed by atoms with Crippen LogP contribution < -0.4 is 0 Å². The van der Waals surface area contributed by atoms with Crippen LogP contribution in [0, 0.1) is 0 Å². The molecule has 0 saturated carbocycles. The van der Waals surface area contributed by atoms with Crippen molar-refractivity contribution in [3.05, 3.63) is 0 Å². The van der Waals surface area contributed by atoms with Crippen LogP contribution >= 0.6 is 0 Å². The topological polar surface area (TPSA) is 113 Å². The van der Waals surface area contributed by atoms with Crippen molar-refractivity contribution in [2.45, 2.75) is 37.8 Å². The van der Waals surface area contributed by atoms with Crippen molar-refractivity contribution in [2.75, 3.05) is 13.2 Å². The van der Waals surface area contributed by atoms with E-state index in [1.54, 1.807) is 0 Å². The predicted octanol–water partition coefficient (Wildman–Crippen LogP) is -2.01. The number of ether oxygens (including phenoxy) is 2. The Bertz CT molecular complexity index is 316. The van der Waals surface area contributed by atoms with Gasteiger partial charge in [-0.3, -0.25) is 9.59 Å². The molecule has 0 spiro atoms. The number of aliphatic hydroxyl groups is 3. The molecule has 0 aromatic carbocycles. The number of ketones is 1. The zero-order valence-electron chi connectivity index (χ0n) is 9.62. The Morgan fingerprint density at radius 1 is 1.41 bits per heavy atom. The summed E-state index contributed by atoms with van der Waals surface area (Å²) in [5, 5.41) is 28.3. The zero-order chi connectivity index (χ0) is 13.2. The van der Waals surface area contributed by atoms with E-state index in [2.05, 4.69) is 0 Å². The van der Waals surface area contributed by atoms with Crippen LogP contribution in [0.2, 0.25) is 0 Å². The van der Waals surface area contributed by atoms with Crippen LogP contribution in [-0.4, -0.2) is 64.2 Å². The molecule has 0 aromatic rings.